The summed E-state index contributed by atoms with van der Waals surface area (Å²) in [6.07, 6.45) is 1.93. The maximum Gasteiger partial charge on any atom is 0.197 e. The molecule has 3 rings (SSSR count). The van der Waals surface area contributed by atoms with Gasteiger partial charge in [-0.25, -0.2) is 4.98 Å². The average Bonchev–Trinajstić information content (AvgIpc) is 2.86. The zero-order valence-electron chi connectivity index (χ0n) is 10.1. The van der Waals surface area contributed by atoms with Crippen molar-refractivity contribution in [3.63, 3.8) is 0 Å². The number of ketones is 1. The fourth-order valence-corrected chi connectivity index (χ4v) is 3.82. The van der Waals surface area contributed by atoms with E-state index in [0.29, 0.717) is 5.01 Å². The Morgan fingerprint density at radius 3 is 2.80 bits per heavy atom. The number of halogens is 2. The third-order valence-corrected chi connectivity index (χ3v) is 4.94. The van der Waals surface area contributed by atoms with E-state index in [-0.39, 0.29) is 12.2 Å². The monoisotopic (exact) mass is 410 g/mol. The lowest BCUT2D eigenvalue weighted by molar-refractivity contribution is 0.0991. The van der Waals surface area contributed by atoms with Gasteiger partial charge in [-0.05, 0) is 50.1 Å². The molecule has 0 spiro atoms. The number of Topliss-reactive ketones (excluding diaryl/α,β-unsaturated/α-hetero) is 1. The fourth-order valence-electron chi connectivity index (χ4n) is 1.79. The summed E-state index contributed by atoms with van der Waals surface area (Å²) >= 11 is 8.18. The van der Waals surface area contributed by atoms with Crippen molar-refractivity contribution in [3.8, 4) is 0 Å². The van der Waals surface area contributed by atoms with Crippen molar-refractivity contribution in [2.45, 2.75) is 6.42 Å². The Balaban J connectivity index is 1.89. The molecule has 100 valence electrons. The number of nitrogens with zero attached hydrogens (tertiary/aromatic N) is 2. The van der Waals surface area contributed by atoms with E-state index in [2.05, 4.69) is 41.8 Å². The SMILES string of the molecule is O=C(Cc1ncc(Br)cc1Br)c1nc2ccccc2s1. The zero-order valence-corrected chi connectivity index (χ0v) is 14.1. The van der Waals surface area contributed by atoms with E-state index >= 15 is 0 Å². The molecule has 6 heteroatoms. The predicted molar refractivity (Wildman–Crippen MR) is 87.3 cm³/mol. The molecular formula is C14H8Br2N2OS. The van der Waals surface area contributed by atoms with Crippen molar-refractivity contribution in [2.24, 2.45) is 0 Å². The summed E-state index contributed by atoms with van der Waals surface area (Å²) in [6, 6.07) is 9.63. The molecule has 3 nitrogen and oxygen atoms in total. The van der Waals surface area contributed by atoms with Crippen LogP contribution in [0, 0.1) is 0 Å². The van der Waals surface area contributed by atoms with Gasteiger partial charge in [0.2, 0.25) is 0 Å². The quantitative estimate of drug-likeness (QED) is 0.589. The van der Waals surface area contributed by atoms with Crippen LogP contribution in [-0.2, 0) is 6.42 Å². The summed E-state index contributed by atoms with van der Waals surface area (Å²) in [5.41, 5.74) is 1.58. The first-order valence-electron chi connectivity index (χ1n) is 5.82. The second kappa shape index (κ2) is 5.71. The Bertz CT molecular complexity index is 768. The maximum atomic E-state index is 12.3. The van der Waals surface area contributed by atoms with Crippen LogP contribution in [0.15, 0.2) is 45.5 Å². The van der Waals surface area contributed by atoms with Gasteiger partial charge < -0.3 is 0 Å². The van der Waals surface area contributed by atoms with E-state index < -0.39 is 0 Å². The van der Waals surface area contributed by atoms with E-state index in [1.54, 1.807) is 6.20 Å². The minimum atomic E-state index is -0.0123. The standard InChI is InChI=1S/C14H8Br2N2OS/c15-8-5-9(16)11(17-7-8)6-12(19)14-18-10-3-1-2-4-13(10)20-14/h1-5,7H,6H2. The zero-order chi connectivity index (χ0) is 14.1. The van der Waals surface area contributed by atoms with Crippen LogP contribution in [0.25, 0.3) is 10.2 Å². The molecule has 1 aromatic carbocycles. The van der Waals surface area contributed by atoms with E-state index in [1.807, 2.05) is 30.3 Å². The molecule has 0 radical (unpaired) electrons. The summed E-state index contributed by atoms with van der Waals surface area (Å²) in [6.45, 7) is 0. The minimum Gasteiger partial charge on any atom is -0.291 e. The molecule has 0 saturated carbocycles. The van der Waals surface area contributed by atoms with Crippen LogP contribution in [0.2, 0.25) is 0 Å². The van der Waals surface area contributed by atoms with Gasteiger partial charge >= 0.3 is 0 Å². The number of pyridine rings is 1. The van der Waals surface area contributed by atoms with E-state index in [1.165, 1.54) is 11.3 Å². The molecule has 20 heavy (non-hydrogen) atoms. The Labute approximate surface area is 136 Å². The number of carbonyl (C=O) groups is 1. The van der Waals surface area contributed by atoms with Crippen LogP contribution in [-0.4, -0.2) is 15.8 Å². The second-order valence-corrected chi connectivity index (χ2v) is 6.97. The molecule has 2 heterocycles. The molecule has 0 fully saturated rings. The number of benzene rings is 1. The highest BCUT2D eigenvalue weighted by molar-refractivity contribution is 9.11. The van der Waals surface area contributed by atoms with Crippen molar-refractivity contribution in [1.29, 1.82) is 0 Å². The third kappa shape index (κ3) is 2.82. The van der Waals surface area contributed by atoms with Crippen LogP contribution in [0.3, 0.4) is 0 Å². The molecule has 3 aromatic rings. The van der Waals surface area contributed by atoms with E-state index in [4.69, 9.17) is 0 Å². The molecule has 0 atom stereocenters. The van der Waals surface area contributed by atoms with Crippen LogP contribution in [0.4, 0.5) is 0 Å². The van der Waals surface area contributed by atoms with Gasteiger partial charge in [0.25, 0.3) is 0 Å². The number of para-hydroxylation sites is 1. The summed E-state index contributed by atoms with van der Waals surface area (Å²) < 4.78 is 2.72. The Morgan fingerprint density at radius 1 is 1.25 bits per heavy atom. The summed E-state index contributed by atoms with van der Waals surface area (Å²) in [5, 5.41) is 0.530. The van der Waals surface area contributed by atoms with E-state index in [0.717, 1.165) is 24.9 Å². The van der Waals surface area contributed by atoms with Crippen LogP contribution in [0.1, 0.15) is 15.5 Å². The lowest BCUT2D eigenvalue weighted by Crippen LogP contribution is -2.05. The molecule has 0 aliphatic carbocycles. The van der Waals surface area contributed by atoms with Crippen molar-refractivity contribution >= 4 is 59.2 Å². The third-order valence-electron chi connectivity index (χ3n) is 2.74. The number of aromatic nitrogens is 2. The number of thiazole rings is 1. The van der Waals surface area contributed by atoms with Gasteiger partial charge in [-0.1, -0.05) is 12.1 Å². The molecule has 0 unspecified atom stereocenters. The topological polar surface area (TPSA) is 42.9 Å². The normalized spacial score (nSPS) is 10.9. The lowest BCUT2D eigenvalue weighted by atomic mass is 10.2. The molecule has 2 aromatic heterocycles. The van der Waals surface area contributed by atoms with Gasteiger partial charge in [-0.2, -0.15) is 0 Å². The Kier molecular flexibility index (Phi) is 3.96. The van der Waals surface area contributed by atoms with Gasteiger partial charge in [0.05, 0.1) is 22.3 Å². The lowest BCUT2D eigenvalue weighted by Gasteiger charge is -2.01. The molecule has 0 aliphatic rings. The van der Waals surface area contributed by atoms with Crippen molar-refractivity contribution in [2.75, 3.05) is 0 Å². The van der Waals surface area contributed by atoms with Gasteiger partial charge in [0.1, 0.15) is 0 Å². The van der Waals surface area contributed by atoms with Gasteiger partial charge in [0.15, 0.2) is 10.8 Å². The smallest absolute Gasteiger partial charge is 0.197 e. The number of rotatable bonds is 3. The maximum absolute atomic E-state index is 12.3. The fraction of sp³-hybridized carbons (Fsp3) is 0.0714. The molecule has 0 amide bonds. The predicted octanol–water partition coefficient (Wildman–Crippen LogP) is 4.64. The summed E-state index contributed by atoms with van der Waals surface area (Å²) in [7, 11) is 0. The van der Waals surface area contributed by atoms with Crippen molar-refractivity contribution in [3.05, 3.63) is 56.2 Å². The number of hydrogen-bond acceptors (Lipinski definition) is 4. The van der Waals surface area contributed by atoms with E-state index in [9.17, 15) is 4.79 Å². The molecular weight excluding hydrogens is 404 g/mol. The highest BCUT2D eigenvalue weighted by Crippen LogP contribution is 2.24. The molecule has 0 N–H and O–H groups in total. The minimum absolute atomic E-state index is 0.0123. The first-order chi connectivity index (χ1) is 9.63. The highest BCUT2D eigenvalue weighted by atomic mass is 79.9. The average molecular weight is 412 g/mol. The van der Waals surface area contributed by atoms with Crippen LogP contribution < -0.4 is 0 Å². The second-order valence-electron chi connectivity index (χ2n) is 4.17. The largest absolute Gasteiger partial charge is 0.291 e. The van der Waals surface area contributed by atoms with Gasteiger partial charge in [0, 0.05) is 15.1 Å². The number of hydrogen-bond donors (Lipinski definition) is 0. The van der Waals surface area contributed by atoms with Gasteiger partial charge in [-0.3, -0.25) is 9.78 Å². The first-order valence-corrected chi connectivity index (χ1v) is 8.22. The van der Waals surface area contributed by atoms with Crippen molar-refractivity contribution < 1.29 is 4.79 Å². The molecule has 0 saturated heterocycles. The molecule has 0 aliphatic heterocycles. The summed E-state index contributed by atoms with van der Waals surface area (Å²) in [5.74, 6) is -0.0123. The highest BCUT2D eigenvalue weighted by Gasteiger charge is 2.15. The Morgan fingerprint density at radius 2 is 2.05 bits per heavy atom. The Hall–Kier alpha value is -1.11. The number of carbonyl (C=O) groups excluding carboxylic acids is 1. The first kappa shape index (κ1) is 13.9. The van der Waals surface area contributed by atoms with Gasteiger partial charge in [-0.15, -0.1) is 11.3 Å². The van der Waals surface area contributed by atoms with Crippen LogP contribution >= 0.6 is 43.2 Å². The van der Waals surface area contributed by atoms with Crippen molar-refractivity contribution in [1.82, 2.24) is 9.97 Å². The summed E-state index contributed by atoms with van der Waals surface area (Å²) in [4.78, 5) is 20.9. The van der Waals surface area contributed by atoms with Crippen LogP contribution in [0.5, 0.6) is 0 Å². The molecule has 0 bridgehead atoms. The number of fused-ring (bicyclic) bond motifs is 1.